The van der Waals surface area contributed by atoms with Crippen LogP contribution in [-0.4, -0.2) is 49.7 Å². The van der Waals surface area contributed by atoms with Crippen LogP contribution in [0.4, 0.5) is 4.79 Å². The molecule has 3 rings (SSSR count). The van der Waals surface area contributed by atoms with Crippen LogP contribution >= 0.6 is 0 Å². The molecule has 2 N–H and O–H groups in total. The molecule has 136 valence electrons. The van der Waals surface area contributed by atoms with Gasteiger partial charge in [-0.25, -0.2) is 4.79 Å². The number of benzene rings is 1. The highest BCUT2D eigenvalue weighted by atomic mass is 16.5. The number of piperidine rings is 1. The summed E-state index contributed by atoms with van der Waals surface area (Å²) >= 11 is 0. The van der Waals surface area contributed by atoms with Gasteiger partial charge in [0, 0.05) is 6.54 Å². The van der Waals surface area contributed by atoms with Gasteiger partial charge in [-0.3, -0.25) is 15.0 Å². The minimum atomic E-state index is -0.800. The second kappa shape index (κ2) is 6.92. The van der Waals surface area contributed by atoms with Crippen molar-refractivity contribution in [2.45, 2.75) is 31.8 Å². The first kappa shape index (κ1) is 17.5. The van der Waals surface area contributed by atoms with Crippen molar-refractivity contribution in [3.63, 3.8) is 0 Å². The molecule has 25 heavy (non-hydrogen) atoms. The van der Waals surface area contributed by atoms with Gasteiger partial charge in [-0.05, 0) is 50.9 Å². The van der Waals surface area contributed by atoms with E-state index in [1.807, 2.05) is 25.1 Å². The highest BCUT2D eigenvalue weighted by Crippen LogP contribution is 2.34. The number of nitrogens with one attached hydrogen (secondary N) is 2. The number of methoxy groups -OCH3 is 2. The zero-order valence-corrected chi connectivity index (χ0v) is 14.9. The molecule has 2 saturated heterocycles. The first-order valence-electron chi connectivity index (χ1n) is 8.53. The number of rotatable bonds is 5. The Balaban J connectivity index is 1.66. The summed E-state index contributed by atoms with van der Waals surface area (Å²) < 4.78 is 10.9. The molecule has 0 bridgehead atoms. The number of imide groups is 1. The van der Waals surface area contributed by atoms with E-state index in [0.29, 0.717) is 0 Å². The van der Waals surface area contributed by atoms with Crippen molar-refractivity contribution >= 4 is 11.9 Å². The first-order valence-corrected chi connectivity index (χ1v) is 8.53. The summed E-state index contributed by atoms with van der Waals surface area (Å²) in [4.78, 5) is 25.9. The summed E-state index contributed by atoms with van der Waals surface area (Å²) in [6.45, 7) is 4.25. The monoisotopic (exact) mass is 347 g/mol. The van der Waals surface area contributed by atoms with E-state index in [2.05, 4.69) is 15.5 Å². The molecule has 0 saturated carbocycles. The van der Waals surface area contributed by atoms with E-state index in [1.54, 1.807) is 14.2 Å². The fraction of sp³-hybridized carbons (Fsp3) is 0.556. The van der Waals surface area contributed by atoms with Gasteiger partial charge in [-0.15, -0.1) is 0 Å². The van der Waals surface area contributed by atoms with Gasteiger partial charge >= 0.3 is 6.03 Å². The Labute approximate surface area is 147 Å². The van der Waals surface area contributed by atoms with E-state index >= 15 is 0 Å². The van der Waals surface area contributed by atoms with Gasteiger partial charge < -0.3 is 14.8 Å². The van der Waals surface area contributed by atoms with E-state index in [0.717, 1.165) is 49.5 Å². The molecule has 3 amide bonds. The Hall–Kier alpha value is -2.28. The Morgan fingerprint density at radius 3 is 2.24 bits per heavy atom. The minimum absolute atomic E-state index is 0.134. The van der Waals surface area contributed by atoms with E-state index in [9.17, 15) is 9.59 Å². The predicted octanol–water partition coefficient (Wildman–Crippen LogP) is 1.51. The van der Waals surface area contributed by atoms with Crippen LogP contribution in [0, 0.1) is 5.92 Å². The van der Waals surface area contributed by atoms with Crippen LogP contribution < -0.4 is 20.1 Å². The van der Waals surface area contributed by atoms with Gasteiger partial charge in [0.25, 0.3) is 5.91 Å². The number of carbonyl (C=O) groups is 2. The maximum atomic E-state index is 12.1. The number of hydrogen-bond donors (Lipinski definition) is 2. The van der Waals surface area contributed by atoms with Crippen LogP contribution in [0.5, 0.6) is 11.5 Å². The lowest BCUT2D eigenvalue weighted by Crippen LogP contribution is -2.53. The lowest BCUT2D eigenvalue weighted by atomic mass is 9.79. The van der Waals surface area contributed by atoms with Crippen molar-refractivity contribution in [1.29, 1.82) is 0 Å². The van der Waals surface area contributed by atoms with Crippen molar-refractivity contribution in [2.24, 2.45) is 5.92 Å². The van der Waals surface area contributed by atoms with Crippen LogP contribution in [0.25, 0.3) is 0 Å². The first-order chi connectivity index (χ1) is 12.0. The maximum absolute atomic E-state index is 12.1. The third-order valence-electron chi connectivity index (χ3n) is 5.39. The third-order valence-corrected chi connectivity index (χ3v) is 5.39. The lowest BCUT2D eigenvalue weighted by Gasteiger charge is -2.38. The topological polar surface area (TPSA) is 79.9 Å². The van der Waals surface area contributed by atoms with Gasteiger partial charge in [-0.1, -0.05) is 6.07 Å². The number of hydrogen-bond acceptors (Lipinski definition) is 5. The Morgan fingerprint density at radius 1 is 1.16 bits per heavy atom. The molecule has 1 aromatic carbocycles. The van der Waals surface area contributed by atoms with Crippen molar-refractivity contribution in [2.75, 3.05) is 27.3 Å². The van der Waals surface area contributed by atoms with Crippen molar-refractivity contribution in [3.8, 4) is 11.5 Å². The molecule has 0 aliphatic carbocycles. The van der Waals surface area contributed by atoms with Gasteiger partial charge in [0.2, 0.25) is 0 Å². The van der Waals surface area contributed by atoms with Gasteiger partial charge in [0.05, 0.1) is 19.8 Å². The molecular formula is C18H25N3O4. The maximum Gasteiger partial charge on any atom is 0.322 e. The van der Waals surface area contributed by atoms with Crippen LogP contribution in [0.15, 0.2) is 18.2 Å². The van der Waals surface area contributed by atoms with E-state index in [1.165, 1.54) is 0 Å². The zero-order valence-electron chi connectivity index (χ0n) is 14.9. The molecule has 0 aromatic heterocycles. The predicted molar refractivity (Wildman–Crippen MR) is 92.6 cm³/mol. The van der Waals surface area contributed by atoms with E-state index in [-0.39, 0.29) is 11.8 Å². The molecule has 0 radical (unpaired) electrons. The zero-order chi connectivity index (χ0) is 18.0. The summed E-state index contributed by atoms with van der Waals surface area (Å²) in [7, 11) is 3.32. The van der Waals surface area contributed by atoms with Crippen molar-refractivity contribution in [3.05, 3.63) is 23.8 Å². The summed E-state index contributed by atoms with van der Waals surface area (Å²) in [5.74, 6) is 1.55. The average molecular weight is 347 g/mol. The van der Waals surface area contributed by atoms with Gasteiger partial charge in [0.1, 0.15) is 17.0 Å². The molecule has 1 atom stereocenters. The molecule has 1 unspecified atom stereocenters. The van der Waals surface area contributed by atoms with E-state index < -0.39 is 11.6 Å². The van der Waals surface area contributed by atoms with Crippen LogP contribution in [-0.2, 0) is 11.3 Å². The quantitative estimate of drug-likeness (QED) is 0.790. The molecule has 2 heterocycles. The highest BCUT2D eigenvalue weighted by Gasteiger charge is 2.48. The second-order valence-corrected chi connectivity index (χ2v) is 6.80. The molecule has 0 spiro atoms. The van der Waals surface area contributed by atoms with Crippen molar-refractivity contribution in [1.82, 2.24) is 15.5 Å². The normalized spacial score (nSPS) is 24.8. The Bertz CT molecular complexity index is 648. The summed E-state index contributed by atoms with van der Waals surface area (Å²) in [6.07, 6.45) is 1.70. The molecule has 2 aliphatic heterocycles. The Morgan fingerprint density at radius 2 is 1.76 bits per heavy atom. The fourth-order valence-electron chi connectivity index (χ4n) is 3.82. The van der Waals surface area contributed by atoms with Crippen molar-refractivity contribution < 1.29 is 19.1 Å². The summed E-state index contributed by atoms with van der Waals surface area (Å²) in [6, 6.07) is 5.39. The number of urea groups is 1. The minimum Gasteiger partial charge on any atom is -0.496 e. The standard InChI is InChI=1S/C18H25N3O4/c1-18(16(22)19-17(23)20-18)12-7-9-21(10-8-12)11-13-14(24-2)5-4-6-15(13)25-3/h4-6,12H,7-11H2,1-3H3,(H2,19,20,22,23). The van der Waals surface area contributed by atoms with Gasteiger partial charge in [0.15, 0.2) is 0 Å². The van der Waals surface area contributed by atoms with Crippen LogP contribution in [0.3, 0.4) is 0 Å². The molecule has 2 aliphatic rings. The smallest absolute Gasteiger partial charge is 0.322 e. The molecule has 2 fully saturated rings. The molecule has 7 nitrogen and oxygen atoms in total. The number of ether oxygens (including phenoxy) is 2. The number of carbonyl (C=O) groups excluding carboxylic acids is 2. The van der Waals surface area contributed by atoms with E-state index in [4.69, 9.17) is 9.47 Å². The number of likely N-dealkylation sites (tertiary alicyclic amines) is 1. The fourth-order valence-corrected chi connectivity index (χ4v) is 3.82. The SMILES string of the molecule is COc1cccc(OC)c1CN1CCC(C2(C)NC(=O)NC2=O)CC1. The largest absolute Gasteiger partial charge is 0.496 e. The average Bonchev–Trinajstić information content (AvgIpc) is 2.88. The summed E-state index contributed by atoms with van der Waals surface area (Å²) in [5, 5.41) is 5.14. The number of amides is 3. The van der Waals surface area contributed by atoms with Crippen LogP contribution in [0.2, 0.25) is 0 Å². The molecule has 1 aromatic rings. The Kier molecular flexibility index (Phi) is 4.85. The highest BCUT2D eigenvalue weighted by molar-refractivity contribution is 6.06. The second-order valence-electron chi connectivity index (χ2n) is 6.80. The number of nitrogens with zero attached hydrogens (tertiary/aromatic N) is 1. The summed E-state index contributed by atoms with van der Waals surface area (Å²) in [5.41, 5.74) is 0.231. The molecule has 7 heteroatoms. The molecular weight excluding hydrogens is 322 g/mol. The van der Waals surface area contributed by atoms with Crippen LogP contribution in [0.1, 0.15) is 25.3 Å². The lowest BCUT2D eigenvalue weighted by molar-refractivity contribution is -0.125. The third kappa shape index (κ3) is 3.28. The van der Waals surface area contributed by atoms with Gasteiger partial charge in [-0.2, -0.15) is 0 Å².